The lowest BCUT2D eigenvalue weighted by Crippen LogP contribution is -2.41. The first kappa shape index (κ1) is 17.6. The van der Waals surface area contributed by atoms with Crippen molar-refractivity contribution in [2.24, 2.45) is 29.6 Å². The summed E-state index contributed by atoms with van der Waals surface area (Å²) in [6.07, 6.45) is 9.97. The summed E-state index contributed by atoms with van der Waals surface area (Å²) in [7, 11) is 0. The molecule has 0 radical (unpaired) electrons. The zero-order chi connectivity index (χ0) is 16.3. The van der Waals surface area contributed by atoms with E-state index in [-0.39, 0.29) is 19.1 Å². The quantitative estimate of drug-likeness (QED) is 0.667. The zero-order valence-corrected chi connectivity index (χ0v) is 14.4. The van der Waals surface area contributed by atoms with Crippen LogP contribution < -0.4 is 0 Å². The lowest BCUT2D eigenvalue weighted by atomic mass is 9.67. The molecule has 134 valence electrons. The van der Waals surface area contributed by atoms with Gasteiger partial charge in [0.1, 0.15) is 0 Å². The smallest absolute Gasteiger partial charge is 0.295 e. The van der Waals surface area contributed by atoms with Gasteiger partial charge in [-0.1, -0.05) is 32.6 Å². The van der Waals surface area contributed by atoms with Crippen molar-refractivity contribution in [1.29, 1.82) is 0 Å². The van der Waals surface area contributed by atoms with Gasteiger partial charge in [0.25, 0.3) is 0 Å². The van der Waals surface area contributed by atoms with E-state index < -0.39 is 6.29 Å². The van der Waals surface area contributed by atoms with E-state index in [1.54, 1.807) is 0 Å². The van der Waals surface area contributed by atoms with Crippen molar-refractivity contribution in [2.45, 2.75) is 77.4 Å². The molecular formula is C19H32F2O2. The second-order valence-corrected chi connectivity index (χ2v) is 8.09. The van der Waals surface area contributed by atoms with Crippen molar-refractivity contribution in [3.05, 3.63) is 0 Å². The van der Waals surface area contributed by atoms with E-state index in [4.69, 9.17) is 0 Å². The molecule has 3 aliphatic rings. The van der Waals surface area contributed by atoms with Crippen LogP contribution in [0.15, 0.2) is 0 Å². The highest BCUT2D eigenvalue weighted by atomic mass is 19.3. The standard InChI is InChI=1S/C19H32F2O2/c1-2-3-14-4-6-15(7-5-14)16-8-10-17(11-9-16)18-12-22-19(20,21)23-13-18/h14-18H,2-13H2,1H3. The molecule has 1 saturated heterocycles. The molecule has 0 atom stereocenters. The molecule has 1 aliphatic heterocycles. The number of ether oxygens (including phenoxy) is 2. The topological polar surface area (TPSA) is 18.5 Å². The molecule has 2 nitrogen and oxygen atoms in total. The molecule has 0 unspecified atom stereocenters. The molecule has 0 N–H and O–H groups in total. The van der Waals surface area contributed by atoms with Gasteiger partial charge in [-0.3, -0.25) is 9.47 Å². The molecule has 1 heterocycles. The minimum absolute atomic E-state index is 0.157. The highest BCUT2D eigenvalue weighted by Gasteiger charge is 2.41. The Balaban J connectivity index is 1.39. The molecular weight excluding hydrogens is 298 g/mol. The molecule has 4 heteroatoms. The van der Waals surface area contributed by atoms with Gasteiger partial charge in [0.15, 0.2) is 0 Å². The van der Waals surface area contributed by atoms with Crippen LogP contribution in [0.4, 0.5) is 8.78 Å². The molecule has 0 aromatic rings. The summed E-state index contributed by atoms with van der Waals surface area (Å²) >= 11 is 0. The van der Waals surface area contributed by atoms with Crippen LogP contribution in [-0.2, 0) is 9.47 Å². The maximum Gasteiger partial charge on any atom is 0.485 e. The maximum atomic E-state index is 12.9. The van der Waals surface area contributed by atoms with Gasteiger partial charge in [-0.05, 0) is 62.2 Å². The fourth-order valence-corrected chi connectivity index (χ4v) is 5.21. The van der Waals surface area contributed by atoms with E-state index in [1.165, 1.54) is 64.2 Å². The van der Waals surface area contributed by atoms with Crippen LogP contribution in [0.2, 0.25) is 0 Å². The molecule has 3 rings (SSSR count). The van der Waals surface area contributed by atoms with Crippen LogP contribution >= 0.6 is 0 Å². The van der Waals surface area contributed by atoms with Crippen LogP contribution in [0.5, 0.6) is 0 Å². The molecule has 2 saturated carbocycles. The number of halogens is 2. The Morgan fingerprint density at radius 3 is 1.65 bits per heavy atom. The summed E-state index contributed by atoms with van der Waals surface area (Å²) in [6.45, 7) is 2.61. The van der Waals surface area contributed by atoms with E-state index in [2.05, 4.69) is 16.4 Å². The third-order valence-corrected chi connectivity index (χ3v) is 6.67. The number of hydrogen-bond acceptors (Lipinski definition) is 2. The second kappa shape index (κ2) is 7.77. The molecule has 23 heavy (non-hydrogen) atoms. The molecule has 0 amide bonds. The Kier molecular flexibility index (Phi) is 5.95. The second-order valence-electron chi connectivity index (χ2n) is 8.09. The van der Waals surface area contributed by atoms with Crippen molar-refractivity contribution < 1.29 is 18.3 Å². The predicted molar refractivity (Wildman–Crippen MR) is 86.1 cm³/mol. The maximum absolute atomic E-state index is 12.9. The monoisotopic (exact) mass is 330 g/mol. The summed E-state index contributed by atoms with van der Waals surface area (Å²) < 4.78 is 34.9. The van der Waals surface area contributed by atoms with E-state index >= 15 is 0 Å². The van der Waals surface area contributed by atoms with E-state index in [0.29, 0.717) is 5.92 Å². The molecule has 2 aliphatic carbocycles. The van der Waals surface area contributed by atoms with E-state index in [1.807, 2.05) is 0 Å². The van der Waals surface area contributed by atoms with Crippen molar-refractivity contribution in [2.75, 3.05) is 13.2 Å². The van der Waals surface area contributed by atoms with Crippen molar-refractivity contribution in [3.63, 3.8) is 0 Å². The third-order valence-electron chi connectivity index (χ3n) is 6.67. The van der Waals surface area contributed by atoms with Gasteiger partial charge < -0.3 is 0 Å². The van der Waals surface area contributed by atoms with Crippen LogP contribution in [-0.4, -0.2) is 19.5 Å². The lowest BCUT2D eigenvalue weighted by Gasteiger charge is -2.41. The summed E-state index contributed by atoms with van der Waals surface area (Å²) in [5, 5.41) is 0. The van der Waals surface area contributed by atoms with Crippen LogP contribution in [0.25, 0.3) is 0 Å². The fraction of sp³-hybridized carbons (Fsp3) is 1.00. The van der Waals surface area contributed by atoms with E-state index in [9.17, 15) is 8.78 Å². The first-order valence-electron chi connectivity index (χ1n) is 9.73. The van der Waals surface area contributed by atoms with Crippen molar-refractivity contribution in [1.82, 2.24) is 0 Å². The number of rotatable bonds is 4. The zero-order valence-electron chi connectivity index (χ0n) is 14.4. The Hall–Kier alpha value is -0.220. The fourth-order valence-electron chi connectivity index (χ4n) is 5.21. The van der Waals surface area contributed by atoms with Crippen LogP contribution in [0.3, 0.4) is 0 Å². The highest BCUT2D eigenvalue weighted by molar-refractivity contribution is 4.84. The van der Waals surface area contributed by atoms with E-state index in [0.717, 1.165) is 17.8 Å². The summed E-state index contributed by atoms with van der Waals surface area (Å²) in [5.41, 5.74) is 0. The molecule has 0 spiro atoms. The van der Waals surface area contributed by atoms with Crippen molar-refractivity contribution >= 4 is 0 Å². The summed E-state index contributed by atoms with van der Waals surface area (Å²) in [4.78, 5) is 0. The Bertz CT molecular complexity index is 348. The first-order valence-corrected chi connectivity index (χ1v) is 9.73. The van der Waals surface area contributed by atoms with Crippen LogP contribution in [0.1, 0.15) is 71.1 Å². The van der Waals surface area contributed by atoms with Crippen molar-refractivity contribution in [3.8, 4) is 0 Å². The van der Waals surface area contributed by atoms with Gasteiger partial charge in [0.05, 0.1) is 13.2 Å². The summed E-state index contributed by atoms with van der Waals surface area (Å²) in [6, 6.07) is 0. The molecule has 3 fully saturated rings. The summed E-state index contributed by atoms with van der Waals surface area (Å²) in [5.74, 6) is 3.45. The number of alkyl halides is 2. The largest absolute Gasteiger partial charge is 0.485 e. The molecule has 0 aromatic carbocycles. The minimum atomic E-state index is -3.36. The van der Waals surface area contributed by atoms with Gasteiger partial charge in [0.2, 0.25) is 0 Å². The first-order chi connectivity index (χ1) is 11.1. The van der Waals surface area contributed by atoms with Crippen LogP contribution in [0, 0.1) is 29.6 Å². The normalized spacial score (nSPS) is 39.3. The molecule has 0 aromatic heterocycles. The number of hydrogen-bond donors (Lipinski definition) is 0. The predicted octanol–water partition coefficient (Wildman–Crippen LogP) is 5.61. The van der Waals surface area contributed by atoms with Gasteiger partial charge >= 0.3 is 6.29 Å². The SMILES string of the molecule is CCCC1CCC(C2CCC(C3COC(F)(F)OC3)CC2)CC1. The average molecular weight is 330 g/mol. The Morgan fingerprint density at radius 1 is 0.739 bits per heavy atom. The Labute approximate surface area is 139 Å². The Morgan fingerprint density at radius 2 is 1.17 bits per heavy atom. The highest BCUT2D eigenvalue weighted by Crippen LogP contribution is 2.44. The third kappa shape index (κ3) is 4.66. The van der Waals surface area contributed by atoms with Gasteiger partial charge in [0, 0.05) is 5.92 Å². The average Bonchev–Trinajstić information content (AvgIpc) is 2.56. The minimum Gasteiger partial charge on any atom is -0.295 e. The van der Waals surface area contributed by atoms with Gasteiger partial charge in [-0.25, -0.2) is 0 Å². The van der Waals surface area contributed by atoms with Gasteiger partial charge in [-0.2, -0.15) is 0 Å². The molecule has 0 bridgehead atoms. The van der Waals surface area contributed by atoms with Gasteiger partial charge in [-0.15, -0.1) is 8.78 Å². The lowest BCUT2D eigenvalue weighted by molar-refractivity contribution is -0.423.